The molecular formula is C12H19NO. The fourth-order valence-corrected chi connectivity index (χ4v) is 1.44. The van der Waals surface area contributed by atoms with E-state index in [9.17, 15) is 0 Å². The van der Waals surface area contributed by atoms with Crippen LogP contribution in [0.1, 0.15) is 33.1 Å². The summed E-state index contributed by atoms with van der Waals surface area (Å²) < 4.78 is 5.05. The molecule has 1 rings (SSSR count). The molecule has 0 aromatic heterocycles. The van der Waals surface area contributed by atoms with Gasteiger partial charge in [0.2, 0.25) is 6.61 Å². The molecule has 0 saturated heterocycles. The van der Waals surface area contributed by atoms with Gasteiger partial charge < -0.3 is 9.64 Å². The Morgan fingerprint density at radius 1 is 1.29 bits per heavy atom. The molecule has 1 aliphatic rings. The highest BCUT2D eigenvalue weighted by Gasteiger charge is 2.11. The first-order valence-electron chi connectivity index (χ1n) is 5.42. The van der Waals surface area contributed by atoms with Crippen LogP contribution in [0, 0.1) is 6.61 Å². The molecule has 0 saturated carbocycles. The van der Waals surface area contributed by atoms with Crippen molar-refractivity contribution in [2.24, 2.45) is 0 Å². The number of hydrogen-bond donors (Lipinski definition) is 0. The van der Waals surface area contributed by atoms with E-state index in [4.69, 9.17) is 4.74 Å². The lowest BCUT2D eigenvalue weighted by atomic mass is 10.2. The lowest BCUT2D eigenvalue weighted by Crippen LogP contribution is -2.26. The summed E-state index contributed by atoms with van der Waals surface area (Å²) in [6, 6.07) is 0. The monoisotopic (exact) mass is 193 g/mol. The number of nitrogens with zero attached hydrogens (tertiary/aromatic N) is 1. The smallest absolute Gasteiger partial charge is 0.246 e. The molecule has 0 atom stereocenters. The third kappa shape index (κ3) is 3.44. The highest BCUT2D eigenvalue weighted by molar-refractivity contribution is 5.19. The summed E-state index contributed by atoms with van der Waals surface area (Å²) in [4.78, 5) is 2.33. The van der Waals surface area contributed by atoms with Crippen LogP contribution in [0.4, 0.5) is 0 Å². The zero-order valence-corrected chi connectivity index (χ0v) is 9.12. The van der Waals surface area contributed by atoms with E-state index in [1.807, 2.05) is 6.08 Å². The second kappa shape index (κ2) is 6.52. The summed E-state index contributed by atoms with van der Waals surface area (Å²) in [6.45, 7) is 9.50. The molecule has 0 amide bonds. The normalized spacial score (nSPS) is 14.9. The molecular weight excluding hydrogens is 174 g/mol. The maximum atomic E-state index is 5.05. The minimum Gasteiger partial charge on any atom is -0.479 e. The van der Waals surface area contributed by atoms with Gasteiger partial charge in [-0.25, -0.2) is 0 Å². The fourth-order valence-electron chi connectivity index (χ4n) is 1.44. The number of unbranched alkanes of at least 4 members (excludes halogenated alkanes) is 1. The van der Waals surface area contributed by atoms with Crippen molar-refractivity contribution >= 4 is 0 Å². The first-order valence-corrected chi connectivity index (χ1v) is 5.42. The number of hydrogen-bond acceptors (Lipinski definition) is 2. The number of allylic oxidation sites excluding steroid dienone is 2. The molecule has 78 valence electrons. The quantitative estimate of drug-likeness (QED) is 0.643. The third-order valence-electron chi connectivity index (χ3n) is 2.18. The van der Waals surface area contributed by atoms with Crippen LogP contribution in [0.25, 0.3) is 0 Å². The van der Waals surface area contributed by atoms with E-state index < -0.39 is 0 Å². The van der Waals surface area contributed by atoms with Crippen LogP contribution < -0.4 is 0 Å². The van der Waals surface area contributed by atoms with Crippen molar-refractivity contribution in [3.63, 3.8) is 0 Å². The Balaban J connectivity index is 2.47. The molecule has 1 aliphatic heterocycles. The van der Waals surface area contributed by atoms with Crippen molar-refractivity contribution in [1.82, 2.24) is 4.90 Å². The molecule has 0 aliphatic carbocycles. The van der Waals surface area contributed by atoms with Gasteiger partial charge in [0, 0.05) is 13.1 Å². The van der Waals surface area contributed by atoms with Gasteiger partial charge in [0.25, 0.3) is 0 Å². The zero-order valence-electron chi connectivity index (χ0n) is 9.12. The van der Waals surface area contributed by atoms with Crippen molar-refractivity contribution in [2.75, 3.05) is 13.1 Å². The van der Waals surface area contributed by atoms with Crippen molar-refractivity contribution in [2.45, 2.75) is 33.1 Å². The van der Waals surface area contributed by atoms with E-state index in [0.29, 0.717) is 0 Å². The molecule has 0 aromatic rings. The summed E-state index contributed by atoms with van der Waals surface area (Å²) in [7, 11) is 0. The Kier molecular flexibility index (Phi) is 5.20. The Morgan fingerprint density at radius 2 is 2.14 bits per heavy atom. The summed E-state index contributed by atoms with van der Waals surface area (Å²) in [5.41, 5.74) is 1.07. The van der Waals surface area contributed by atoms with Gasteiger partial charge in [-0.15, -0.1) is 0 Å². The van der Waals surface area contributed by atoms with Gasteiger partial charge in [-0.2, -0.15) is 0 Å². The predicted octanol–water partition coefficient (Wildman–Crippen LogP) is 2.97. The minimum absolute atomic E-state index is 1.07. The average Bonchev–Trinajstić information content (AvgIpc) is 2.25. The van der Waals surface area contributed by atoms with Crippen molar-refractivity contribution < 1.29 is 4.74 Å². The second-order valence-corrected chi connectivity index (χ2v) is 3.44. The molecule has 2 radical (unpaired) electrons. The molecule has 2 heteroatoms. The predicted molar refractivity (Wildman–Crippen MR) is 58.3 cm³/mol. The molecule has 0 bridgehead atoms. The lowest BCUT2D eigenvalue weighted by molar-refractivity contribution is 0.270. The van der Waals surface area contributed by atoms with E-state index in [2.05, 4.69) is 31.4 Å². The summed E-state index contributed by atoms with van der Waals surface area (Å²) in [5.74, 6) is 0. The van der Waals surface area contributed by atoms with Gasteiger partial charge in [-0.1, -0.05) is 20.3 Å². The van der Waals surface area contributed by atoms with Crippen LogP contribution in [-0.4, -0.2) is 18.0 Å². The maximum absolute atomic E-state index is 5.05. The van der Waals surface area contributed by atoms with Gasteiger partial charge in [0.1, 0.15) is 0 Å². The lowest BCUT2D eigenvalue weighted by Gasteiger charge is -2.26. The third-order valence-corrected chi connectivity index (χ3v) is 2.18. The van der Waals surface area contributed by atoms with Crippen molar-refractivity contribution in [3.05, 3.63) is 30.7 Å². The highest BCUT2D eigenvalue weighted by atomic mass is 16.5. The second-order valence-electron chi connectivity index (χ2n) is 3.44. The number of ether oxygens (including phenoxy) is 1. The molecule has 2 nitrogen and oxygen atoms in total. The van der Waals surface area contributed by atoms with Gasteiger partial charge in [0.05, 0.1) is 12.0 Å². The zero-order chi connectivity index (χ0) is 10.2. The summed E-state index contributed by atoms with van der Waals surface area (Å²) >= 11 is 0. The molecule has 0 N–H and O–H groups in total. The first kappa shape index (κ1) is 11.2. The standard InChI is InChI=1S/C12H19NO/c1-3-5-9-13(8-4-2)12-7-6-10-14-11-12/h6-7,10H,3-5,8-9H2,1-2H3. The average molecular weight is 193 g/mol. The number of rotatable bonds is 6. The molecule has 14 heavy (non-hydrogen) atoms. The van der Waals surface area contributed by atoms with Gasteiger partial charge in [-0.05, 0) is 25.0 Å². The van der Waals surface area contributed by atoms with Crippen LogP contribution in [-0.2, 0) is 4.74 Å². The summed E-state index contributed by atoms with van der Waals surface area (Å²) in [6.07, 6.45) is 9.22. The molecule has 0 fully saturated rings. The van der Waals surface area contributed by atoms with Crippen LogP contribution in [0.5, 0.6) is 0 Å². The SMILES string of the molecule is CCCCN(CCC)C1=CC=CO[C]1. The Morgan fingerprint density at radius 3 is 2.71 bits per heavy atom. The van der Waals surface area contributed by atoms with E-state index in [1.54, 1.807) is 6.26 Å². The van der Waals surface area contributed by atoms with E-state index >= 15 is 0 Å². The minimum atomic E-state index is 1.07. The molecule has 0 aromatic carbocycles. The first-order chi connectivity index (χ1) is 6.88. The van der Waals surface area contributed by atoms with Gasteiger partial charge >= 0.3 is 0 Å². The van der Waals surface area contributed by atoms with Crippen LogP contribution >= 0.6 is 0 Å². The maximum Gasteiger partial charge on any atom is 0.246 e. The fraction of sp³-hybridized carbons (Fsp3) is 0.583. The highest BCUT2D eigenvalue weighted by Crippen LogP contribution is 2.14. The van der Waals surface area contributed by atoms with Crippen molar-refractivity contribution in [1.29, 1.82) is 0 Å². The summed E-state index contributed by atoms with van der Waals surface area (Å²) in [5, 5.41) is 0. The Hall–Kier alpha value is -0.920. The Bertz CT molecular complexity index is 208. The van der Waals surface area contributed by atoms with Gasteiger partial charge in [0.15, 0.2) is 0 Å². The molecule has 0 unspecified atom stereocenters. The van der Waals surface area contributed by atoms with Crippen LogP contribution in [0.3, 0.4) is 0 Å². The van der Waals surface area contributed by atoms with E-state index in [1.165, 1.54) is 12.8 Å². The van der Waals surface area contributed by atoms with Gasteiger partial charge in [-0.3, -0.25) is 0 Å². The van der Waals surface area contributed by atoms with E-state index in [0.717, 1.165) is 25.2 Å². The molecule has 0 spiro atoms. The largest absolute Gasteiger partial charge is 0.479 e. The molecule has 1 heterocycles. The topological polar surface area (TPSA) is 12.5 Å². The van der Waals surface area contributed by atoms with Crippen LogP contribution in [0.15, 0.2) is 24.1 Å². The van der Waals surface area contributed by atoms with E-state index in [-0.39, 0.29) is 0 Å². The van der Waals surface area contributed by atoms with Crippen LogP contribution in [0.2, 0.25) is 0 Å². The van der Waals surface area contributed by atoms with Crippen molar-refractivity contribution in [3.8, 4) is 0 Å². The Labute approximate surface area is 87.2 Å².